The van der Waals surface area contributed by atoms with Crippen LogP contribution >= 0.6 is 0 Å². The van der Waals surface area contributed by atoms with E-state index in [0.29, 0.717) is 42.0 Å². The maximum absolute atomic E-state index is 11.1. The number of nitrogen functional groups attached to an aromatic ring is 1. The van der Waals surface area contributed by atoms with Crippen molar-refractivity contribution in [3.05, 3.63) is 22.7 Å². The molecular weight excluding hydrogens is 250 g/mol. The topological polar surface area (TPSA) is 114 Å². The van der Waals surface area contributed by atoms with Gasteiger partial charge in [0.15, 0.2) is 5.58 Å². The van der Waals surface area contributed by atoms with Gasteiger partial charge in [-0.15, -0.1) is 0 Å². The third-order valence-corrected chi connectivity index (χ3v) is 2.74. The molecule has 0 spiro atoms. The number of hydrogen-bond donors (Lipinski definition) is 4. The van der Waals surface area contributed by atoms with Gasteiger partial charge in [-0.1, -0.05) is 0 Å². The van der Waals surface area contributed by atoms with Gasteiger partial charge in [-0.3, -0.25) is 4.98 Å². The van der Waals surface area contributed by atoms with Crippen molar-refractivity contribution in [2.45, 2.75) is 12.5 Å². The number of benzene rings is 1. The SMILES string of the molecule is COCC(O)CCNc1cc2[nH]c(=O)oc2cc1N. The fourth-order valence-corrected chi connectivity index (χ4v) is 1.82. The molecule has 0 aliphatic rings. The number of ether oxygens (including phenoxy) is 1. The van der Waals surface area contributed by atoms with Crippen LogP contribution in [0.5, 0.6) is 0 Å². The zero-order chi connectivity index (χ0) is 13.8. The summed E-state index contributed by atoms with van der Waals surface area (Å²) in [6, 6.07) is 3.29. The number of oxazole rings is 1. The van der Waals surface area contributed by atoms with E-state index < -0.39 is 11.9 Å². The minimum Gasteiger partial charge on any atom is -0.408 e. The minimum absolute atomic E-state index is 0.297. The Balaban J connectivity index is 2.03. The molecule has 1 atom stereocenters. The molecule has 0 aliphatic carbocycles. The highest BCUT2D eigenvalue weighted by Crippen LogP contribution is 2.24. The molecule has 0 radical (unpaired) electrons. The van der Waals surface area contributed by atoms with E-state index >= 15 is 0 Å². The molecule has 2 rings (SSSR count). The molecule has 2 aromatic rings. The maximum atomic E-state index is 11.1. The Morgan fingerprint density at radius 3 is 3.11 bits per heavy atom. The van der Waals surface area contributed by atoms with Gasteiger partial charge < -0.3 is 25.3 Å². The molecule has 0 saturated heterocycles. The third-order valence-electron chi connectivity index (χ3n) is 2.74. The Kier molecular flexibility index (Phi) is 4.08. The van der Waals surface area contributed by atoms with E-state index in [2.05, 4.69) is 10.3 Å². The van der Waals surface area contributed by atoms with Crippen LogP contribution in [-0.2, 0) is 4.74 Å². The zero-order valence-corrected chi connectivity index (χ0v) is 10.6. The van der Waals surface area contributed by atoms with E-state index in [4.69, 9.17) is 14.9 Å². The molecule has 1 heterocycles. The quantitative estimate of drug-likeness (QED) is 0.567. The summed E-state index contributed by atoms with van der Waals surface area (Å²) in [4.78, 5) is 13.6. The average molecular weight is 267 g/mol. The molecule has 0 amide bonds. The van der Waals surface area contributed by atoms with Crippen molar-refractivity contribution in [1.29, 1.82) is 0 Å². The molecule has 1 aromatic carbocycles. The average Bonchev–Trinajstić information content (AvgIpc) is 2.69. The van der Waals surface area contributed by atoms with Crippen LogP contribution in [0.25, 0.3) is 11.1 Å². The van der Waals surface area contributed by atoms with Crippen LogP contribution in [0.1, 0.15) is 6.42 Å². The number of nitrogens with one attached hydrogen (secondary N) is 2. The second-order valence-corrected chi connectivity index (χ2v) is 4.27. The summed E-state index contributed by atoms with van der Waals surface area (Å²) >= 11 is 0. The first-order chi connectivity index (χ1) is 9.10. The molecule has 0 aliphatic heterocycles. The summed E-state index contributed by atoms with van der Waals surface area (Å²) < 4.78 is 9.74. The molecule has 7 nitrogen and oxygen atoms in total. The first kappa shape index (κ1) is 13.4. The van der Waals surface area contributed by atoms with Crippen LogP contribution < -0.4 is 16.8 Å². The van der Waals surface area contributed by atoms with Crippen LogP contribution in [0.2, 0.25) is 0 Å². The Morgan fingerprint density at radius 2 is 2.37 bits per heavy atom. The highest BCUT2D eigenvalue weighted by molar-refractivity contribution is 5.85. The Hall–Kier alpha value is -1.99. The van der Waals surface area contributed by atoms with E-state index in [0.717, 1.165) is 0 Å². The van der Waals surface area contributed by atoms with Gasteiger partial charge in [-0.2, -0.15) is 0 Å². The molecular formula is C12H17N3O4. The Morgan fingerprint density at radius 1 is 1.58 bits per heavy atom. The summed E-state index contributed by atoms with van der Waals surface area (Å²) in [5.41, 5.74) is 8.02. The monoisotopic (exact) mass is 267 g/mol. The van der Waals surface area contributed by atoms with Crippen molar-refractivity contribution >= 4 is 22.5 Å². The number of fused-ring (bicyclic) bond motifs is 1. The summed E-state index contributed by atoms with van der Waals surface area (Å²) in [6.45, 7) is 0.841. The lowest BCUT2D eigenvalue weighted by Crippen LogP contribution is -2.18. The van der Waals surface area contributed by atoms with Crippen molar-refractivity contribution in [2.75, 3.05) is 31.3 Å². The van der Waals surface area contributed by atoms with Crippen LogP contribution in [-0.4, -0.2) is 36.5 Å². The Labute approximate surface area is 109 Å². The Bertz CT molecular complexity index is 605. The van der Waals surface area contributed by atoms with Crippen molar-refractivity contribution in [1.82, 2.24) is 4.98 Å². The number of aromatic amines is 1. The molecule has 1 aromatic heterocycles. The van der Waals surface area contributed by atoms with Gasteiger partial charge in [0.25, 0.3) is 0 Å². The van der Waals surface area contributed by atoms with Crippen LogP contribution in [0.3, 0.4) is 0 Å². The first-order valence-electron chi connectivity index (χ1n) is 5.93. The van der Waals surface area contributed by atoms with E-state index in [1.807, 2.05) is 0 Å². The highest BCUT2D eigenvalue weighted by atomic mass is 16.5. The minimum atomic E-state index is -0.517. The molecule has 0 saturated carbocycles. The number of aliphatic hydroxyl groups is 1. The second-order valence-electron chi connectivity index (χ2n) is 4.27. The van der Waals surface area contributed by atoms with Gasteiger partial charge in [0.2, 0.25) is 0 Å². The first-order valence-corrected chi connectivity index (χ1v) is 5.93. The molecule has 1 unspecified atom stereocenters. The molecule has 7 heteroatoms. The van der Waals surface area contributed by atoms with E-state index in [9.17, 15) is 9.90 Å². The summed E-state index contributed by atoms with van der Waals surface area (Å²) in [5, 5.41) is 12.6. The van der Waals surface area contributed by atoms with Crippen molar-refractivity contribution in [3.63, 3.8) is 0 Å². The number of H-pyrrole nitrogens is 1. The smallest absolute Gasteiger partial charge is 0.408 e. The lowest BCUT2D eigenvalue weighted by molar-refractivity contribution is 0.0615. The van der Waals surface area contributed by atoms with Crippen molar-refractivity contribution < 1.29 is 14.3 Å². The maximum Gasteiger partial charge on any atom is 0.417 e. The molecule has 19 heavy (non-hydrogen) atoms. The molecule has 5 N–H and O–H groups in total. The van der Waals surface area contributed by atoms with Crippen LogP contribution in [0, 0.1) is 0 Å². The van der Waals surface area contributed by atoms with Gasteiger partial charge >= 0.3 is 5.76 Å². The van der Waals surface area contributed by atoms with E-state index in [1.54, 1.807) is 12.1 Å². The number of aliphatic hydroxyl groups excluding tert-OH is 1. The number of methoxy groups -OCH3 is 1. The fourth-order valence-electron chi connectivity index (χ4n) is 1.82. The van der Waals surface area contributed by atoms with Crippen molar-refractivity contribution in [2.24, 2.45) is 0 Å². The predicted octanol–water partition coefficient (Wildman–Crippen LogP) is 0.513. The van der Waals surface area contributed by atoms with Crippen LogP contribution in [0.15, 0.2) is 21.3 Å². The number of aromatic nitrogens is 1. The van der Waals surface area contributed by atoms with Crippen molar-refractivity contribution in [3.8, 4) is 0 Å². The molecule has 104 valence electrons. The van der Waals surface area contributed by atoms with Gasteiger partial charge in [0, 0.05) is 19.7 Å². The lowest BCUT2D eigenvalue weighted by Gasteiger charge is -2.12. The van der Waals surface area contributed by atoms with Crippen LogP contribution in [0.4, 0.5) is 11.4 Å². The summed E-state index contributed by atoms with van der Waals surface area (Å²) in [6.07, 6.45) is 0.0175. The van der Waals surface area contributed by atoms with Gasteiger partial charge in [-0.05, 0) is 12.5 Å². The van der Waals surface area contributed by atoms with Gasteiger partial charge in [0.1, 0.15) is 0 Å². The fraction of sp³-hybridized carbons (Fsp3) is 0.417. The van der Waals surface area contributed by atoms with E-state index in [1.165, 1.54) is 7.11 Å². The summed E-state index contributed by atoms with van der Waals surface area (Å²) in [5.74, 6) is -0.512. The van der Waals surface area contributed by atoms with E-state index in [-0.39, 0.29) is 0 Å². The lowest BCUT2D eigenvalue weighted by atomic mass is 10.2. The molecule has 0 bridgehead atoms. The third kappa shape index (κ3) is 3.27. The number of rotatable bonds is 6. The highest BCUT2D eigenvalue weighted by Gasteiger charge is 2.07. The zero-order valence-electron chi connectivity index (χ0n) is 10.6. The number of hydrogen-bond acceptors (Lipinski definition) is 6. The second kappa shape index (κ2) is 5.77. The normalized spacial score (nSPS) is 12.7. The predicted molar refractivity (Wildman–Crippen MR) is 72.2 cm³/mol. The largest absolute Gasteiger partial charge is 0.417 e. The summed E-state index contributed by atoms with van der Waals surface area (Å²) in [7, 11) is 1.54. The van der Waals surface area contributed by atoms with Gasteiger partial charge in [-0.25, -0.2) is 4.79 Å². The number of anilines is 2. The van der Waals surface area contributed by atoms with Gasteiger partial charge in [0.05, 0.1) is 29.6 Å². The number of nitrogens with two attached hydrogens (primary N) is 1. The standard InChI is InChI=1S/C12H17N3O4/c1-18-6-7(16)2-3-14-9-5-10-11(4-8(9)13)19-12(17)15-10/h4-5,7,14,16H,2-3,6,13H2,1H3,(H,15,17). The molecule has 0 fully saturated rings.